The molecule has 96 valence electrons. The number of nitrogens with zero attached hydrogens (tertiary/aromatic N) is 3. The van der Waals surface area contributed by atoms with Crippen molar-refractivity contribution in [1.82, 2.24) is 4.90 Å². The minimum Gasteiger partial charge on any atom is -0.371 e. The molecule has 0 fully saturated rings. The average Bonchev–Trinajstić information content (AvgIpc) is 2.28. The van der Waals surface area contributed by atoms with Crippen molar-refractivity contribution in [3.05, 3.63) is 51.7 Å². The van der Waals surface area contributed by atoms with E-state index in [1.165, 1.54) is 6.21 Å². The Morgan fingerprint density at radius 2 is 1.78 bits per heavy atom. The van der Waals surface area contributed by atoms with Gasteiger partial charge in [-0.05, 0) is 0 Å². The topological polar surface area (TPSA) is 49.4 Å². The molecule has 0 bridgehead atoms. The molecule has 0 heterocycles. The third-order valence-corrected chi connectivity index (χ3v) is 2.31. The first kappa shape index (κ1) is 13.9. The minimum absolute atomic E-state index is 0.0798. The maximum absolute atomic E-state index is 11.2. The minimum atomic E-state index is -0.359. The lowest BCUT2D eigenvalue weighted by Crippen LogP contribution is -2.19. The molecule has 0 N–H and O–H groups in total. The fourth-order valence-corrected chi connectivity index (χ4v) is 1.67. The maximum Gasteiger partial charge on any atom is 0.355 e. The van der Waals surface area contributed by atoms with Gasteiger partial charge in [0.05, 0.1) is 4.92 Å². The molecule has 0 aliphatic rings. The highest BCUT2D eigenvalue weighted by atomic mass is 16.6. The monoisotopic (exact) mass is 248 g/mol. The van der Waals surface area contributed by atoms with E-state index >= 15 is 0 Å². The van der Waals surface area contributed by atoms with E-state index in [0.29, 0.717) is 5.70 Å². The van der Waals surface area contributed by atoms with Gasteiger partial charge in [-0.2, -0.15) is 0 Å². The van der Waals surface area contributed by atoms with Gasteiger partial charge in [0.15, 0.2) is 0 Å². The molecule has 1 rings (SSSR count). The fraction of sp³-hybridized carbons (Fsp3) is 0.308. The normalized spacial score (nSPS) is 11.6. The van der Waals surface area contributed by atoms with Crippen LogP contribution < -0.4 is 0 Å². The second-order valence-corrected chi connectivity index (χ2v) is 4.34. The molecule has 0 aliphatic carbocycles. The first-order valence-corrected chi connectivity index (χ1v) is 5.56. The molecule has 0 spiro atoms. The van der Waals surface area contributed by atoms with Crippen LogP contribution in [0, 0.1) is 10.1 Å². The molecule has 5 heteroatoms. The molecule has 0 saturated heterocycles. The van der Waals surface area contributed by atoms with Crippen molar-refractivity contribution in [1.29, 1.82) is 0 Å². The van der Waals surface area contributed by atoms with Crippen molar-refractivity contribution in [2.24, 2.45) is 0 Å². The number of benzene rings is 1. The molecule has 0 unspecified atom stereocenters. The zero-order valence-electron chi connectivity index (χ0n) is 11.1. The molecule has 0 radical (unpaired) electrons. The Kier molecular flexibility index (Phi) is 4.59. The van der Waals surface area contributed by atoms with E-state index in [0.717, 1.165) is 5.56 Å². The molecule has 1 aromatic carbocycles. The van der Waals surface area contributed by atoms with Gasteiger partial charge in [-0.1, -0.05) is 30.3 Å². The summed E-state index contributed by atoms with van der Waals surface area (Å²) in [6.45, 7) is 0. The van der Waals surface area contributed by atoms with E-state index < -0.39 is 0 Å². The van der Waals surface area contributed by atoms with E-state index in [1.54, 1.807) is 37.7 Å². The van der Waals surface area contributed by atoms with Crippen molar-refractivity contribution in [2.75, 3.05) is 28.2 Å². The maximum atomic E-state index is 11.2. The predicted molar refractivity (Wildman–Crippen MR) is 72.2 cm³/mol. The van der Waals surface area contributed by atoms with Crippen LogP contribution in [-0.2, 0) is 0 Å². The first-order chi connectivity index (χ1) is 8.43. The third-order valence-electron chi connectivity index (χ3n) is 2.31. The Labute approximate surface area is 107 Å². The number of rotatable bonds is 4. The summed E-state index contributed by atoms with van der Waals surface area (Å²) in [5.74, 6) is 0. The van der Waals surface area contributed by atoms with Gasteiger partial charge in [-0.3, -0.25) is 10.1 Å². The zero-order valence-corrected chi connectivity index (χ0v) is 11.1. The summed E-state index contributed by atoms with van der Waals surface area (Å²) in [7, 11) is 7.13. The Morgan fingerprint density at radius 3 is 2.17 bits per heavy atom. The third kappa shape index (κ3) is 3.41. The largest absolute Gasteiger partial charge is 0.371 e. The number of hydrogen-bond donors (Lipinski definition) is 0. The van der Waals surface area contributed by atoms with Crippen molar-refractivity contribution in [3.8, 4) is 0 Å². The van der Waals surface area contributed by atoms with Crippen LogP contribution in [0.2, 0.25) is 0 Å². The van der Waals surface area contributed by atoms with E-state index in [1.807, 2.05) is 30.3 Å². The van der Waals surface area contributed by atoms with Crippen LogP contribution in [0.5, 0.6) is 0 Å². The van der Waals surface area contributed by atoms with Gasteiger partial charge >= 0.3 is 5.70 Å². The molecule has 0 aliphatic heterocycles. The van der Waals surface area contributed by atoms with Gasteiger partial charge in [0.2, 0.25) is 6.21 Å². The van der Waals surface area contributed by atoms with E-state index in [4.69, 9.17) is 0 Å². The summed E-state index contributed by atoms with van der Waals surface area (Å²) in [6.07, 6.45) is 1.52. The molecular weight excluding hydrogens is 230 g/mol. The highest BCUT2D eigenvalue weighted by Gasteiger charge is 2.23. The molecule has 5 nitrogen and oxygen atoms in total. The lowest BCUT2D eigenvalue weighted by Gasteiger charge is -2.16. The van der Waals surface area contributed by atoms with Gasteiger partial charge in [0, 0.05) is 19.7 Å². The summed E-state index contributed by atoms with van der Waals surface area (Å²) in [5, 5.41) is 11.2. The van der Waals surface area contributed by atoms with Crippen LogP contribution in [0.4, 0.5) is 0 Å². The highest BCUT2D eigenvalue weighted by molar-refractivity contribution is 5.85. The van der Waals surface area contributed by atoms with Gasteiger partial charge in [-0.15, -0.1) is 0 Å². The Morgan fingerprint density at radius 1 is 1.22 bits per heavy atom. The van der Waals surface area contributed by atoms with Crippen molar-refractivity contribution in [3.63, 3.8) is 0 Å². The number of hydrogen-bond acceptors (Lipinski definition) is 3. The van der Waals surface area contributed by atoms with Crippen LogP contribution in [0.1, 0.15) is 5.56 Å². The summed E-state index contributed by atoms with van der Waals surface area (Å²) >= 11 is 0. The van der Waals surface area contributed by atoms with Crippen LogP contribution in [0.15, 0.2) is 36.0 Å². The van der Waals surface area contributed by atoms with Crippen LogP contribution >= 0.6 is 0 Å². The SMILES string of the molecule is CN(C)/C(=C(/C=[N+](C)C)[N+](=O)[O-])c1ccccc1. The quantitative estimate of drug-likeness (QED) is 0.351. The Hall–Kier alpha value is -2.17. The molecular formula is C13H18N3O2+. The lowest BCUT2D eigenvalue weighted by atomic mass is 10.1. The van der Waals surface area contributed by atoms with Gasteiger partial charge < -0.3 is 4.90 Å². The van der Waals surface area contributed by atoms with Gasteiger partial charge in [0.1, 0.15) is 19.8 Å². The number of allylic oxidation sites excluding steroid dienone is 1. The van der Waals surface area contributed by atoms with Crippen LogP contribution in [0.25, 0.3) is 5.70 Å². The van der Waals surface area contributed by atoms with Crippen LogP contribution in [0.3, 0.4) is 0 Å². The van der Waals surface area contributed by atoms with Crippen molar-refractivity contribution >= 4 is 11.9 Å². The summed E-state index contributed by atoms with van der Waals surface area (Å²) < 4.78 is 1.67. The summed E-state index contributed by atoms with van der Waals surface area (Å²) in [5.41, 5.74) is 1.50. The van der Waals surface area contributed by atoms with Gasteiger partial charge in [0.25, 0.3) is 0 Å². The molecule has 18 heavy (non-hydrogen) atoms. The molecule has 0 amide bonds. The van der Waals surface area contributed by atoms with Crippen LogP contribution in [-0.4, -0.2) is 48.8 Å². The second kappa shape index (κ2) is 5.95. The zero-order chi connectivity index (χ0) is 13.7. The molecule has 0 atom stereocenters. The molecule has 0 aromatic heterocycles. The second-order valence-electron chi connectivity index (χ2n) is 4.34. The smallest absolute Gasteiger partial charge is 0.355 e. The van der Waals surface area contributed by atoms with Crippen molar-refractivity contribution < 1.29 is 9.50 Å². The standard InChI is InChI=1S/C13H18N3O2/c1-14(2)10-12(16(17)18)13(15(3)4)11-8-6-5-7-9-11/h5-10H,1-4H3/q+1. The van der Waals surface area contributed by atoms with Gasteiger partial charge in [-0.25, -0.2) is 4.58 Å². The highest BCUT2D eigenvalue weighted by Crippen LogP contribution is 2.20. The average molecular weight is 248 g/mol. The van der Waals surface area contributed by atoms with E-state index in [-0.39, 0.29) is 10.6 Å². The number of nitro groups is 1. The Balaban J connectivity index is 3.49. The van der Waals surface area contributed by atoms with E-state index in [2.05, 4.69) is 0 Å². The fourth-order valence-electron chi connectivity index (χ4n) is 1.67. The molecule has 1 aromatic rings. The van der Waals surface area contributed by atoms with Crippen molar-refractivity contribution in [2.45, 2.75) is 0 Å². The summed E-state index contributed by atoms with van der Waals surface area (Å²) in [4.78, 5) is 12.6. The lowest BCUT2D eigenvalue weighted by molar-refractivity contribution is -0.473. The predicted octanol–water partition coefficient (Wildman–Crippen LogP) is 1.54. The summed E-state index contributed by atoms with van der Waals surface area (Å²) in [6, 6.07) is 9.35. The van der Waals surface area contributed by atoms with E-state index in [9.17, 15) is 10.1 Å². The first-order valence-electron chi connectivity index (χ1n) is 5.56. The molecule has 0 saturated carbocycles. The Bertz CT molecular complexity index is 486.